The number of rotatable bonds is 2. The summed E-state index contributed by atoms with van der Waals surface area (Å²) in [6.07, 6.45) is 2.87. The molecular weight excluding hydrogens is 270 g/mol. The standard InChI is InChI=1S/C16H19NO2S/c1-11-6-12(2)9-17(8-11)16(18)15-7-13(10-20-15)14-4-3-5-19-14/h3-5,7,10-12H,6,8-9H2,1-2H3/t11-,12-/m0/s1. The third-order valence-corrected chi connectivity index (χ3v) is 4.69. The molecule has 1 amide bonds. The molecule has 3 rings (SSSR count). The Hall–Kier alpha value is -1.55. The van der Waals surface area contributed by atoms with Gasteiger partial charge >= 0.3 is 0 Å². The molecule has 0 radical (unpaired) electrons. The second-order valence-corrected chi connectivity index (χ2v) is 6.74. The lowest BCUT2D eigenvalue weighted by atomic mass is 9.92. The Kier molecular flexibility index (Phi) is 3.66. The number of hydrogen-bond acceptors (Lipinski definition) is 3. The molecule has 0 spiro atoms. The summed E-state index contributed by atoms with van der Waals surface area (Å²) in [7, 11) is 0. The van der Waals surface area contributed by atoms with E-state index in [1.807, 2.05) is 28.5 Å². The first-order valence-corrected chi connectivity index (χ1v) is 7.93. The van der Waals surface area contributed by atoms with E-state index in [0.717, 1.165) is 29.3 Å². The number of likely N-dealkylation sites (tertiary alicyclic amines) is 1. The van der Waals surface area contributed by atoms with Crippen LogP contribution in [0.15, 0.2) is 34.3 Å². The van der Waals surface area contributed by atoms with Crippen molar-refractivity contribution in [2.45, 2.75) is 20.3 Å². The predicted molar refractivity (Wildman–Crippen MR) is 80.9 cm³/mol. The van der Waals surface area contributed by atoms with Gasteiger partial charge in [0.15, 0.2) is 0 Å². The van der Waals surface area contributed by atoms with Crippen molar-refractivity contribution in [3.8, 4) is 11.3 Å². The quantitative estimate of drug-likeness (QED) is 0.833. The van der Waals surface area contributed by atoms with E-state index in [2.05, 4.69) is 13.8 Å². The van der Waals surface area contributed by atoms with Crippen LogP contribution in [-0.4, -0.2) is 23.9 Å². The maximum absolute atomic E-state index is 12.6. The van der Waals surface area contributed by atoms with Crippen molar-refractivity contribution in [2.75, 3.05) is 13.1 Å². The van der Waals surface area contributed by atoms with Gasteiger partial charge in [0.05, 0.1) is 11.1 Å². The van der Waals surface area contributed by atoms with Crippen LogP contribution in [0, 0.1) is 11.8 Å². The van der Waals surface area contributed by atoms with Gasteiger partial charge in [-0.05, 0) is 36.5 Å². The van der Waals surface area contributed by atoms with Gasteiger partial charge in [-0.3, -0.25) is 4.79 Å². The molecule has 0 N–H and O–H groups in total. The largest absolute Gasteiger partial charge is 0.464 e. The molecule has 1 fully saturated rings. The topological polar surface area (TPSA) is 33.5 Å². The predicted octanol–water partition coefficient (Wildman–Crippen LogP) is 4.13. The SMILES string of the molecule is C[C@H]1C[C@H](C)CN(C(=O)c2cc(-c3ccco3)cs2)C1. The second kappa shape index (κ2) is 5.44. The summed E-state index contributed by atoms with van der Waals surface area (Å²) in [5.74, 6) is 2.16. The number of hydrogen-bond donors (Lipinski definition) is 0. The molecular formula is C16H19NO2S. The van der Waals surface area contributed by atoms with E-state index in [1.54, 1.807) is 6.26 Å². The molecule has 2 aromatic rings. The fraction of sp³-hybridized carbons (Fsp3) is 0.438. The second-order valence-electron chi connectivity index (χ2n) is 5.83. The zero-order chi connectivity index (χ0) is 14.1. The highest BCUT2D eigenvalue weighted by molar-refractivity contribution is 7.12. The minimum absolute atomic E-state index is 0.159. The van der Waals surface area contributed by atoms with E-state index in [0.29, 0.717) is 11.8 Å². The van der Waals surface area contributed by atoms with Gasteiger partial charge in [0.25, 0.3) is 5.91 Å². The van der Waals surface area contributed by atoms with Gasteiger partial charge in [-0.15, -0.1) is 11.3 Å². The lowest BCUT2D eigenvalue weighted by molar-refractivity contribution is 0.0628. The van der Waals surface area contributed by atoms with Crippen LogP contribution in [0.25, 0.3) is 11.3 Å². The zero-order valence-corrected chi connectivity index (χ0v) is 12.7. The molecule has 2 aromatic heterocycles. The van der Waals surface area contributed by atoms with Crippen molar-refractivity contribution in [1.29, 1.82) is 0 Å². The van der Waals surface area contributed by atoms with Gasteiger partial charge in [-0.1, -0.05) is 13.8 Å². The molecule has 0 saturated carbocycles. The van der Waals surface area contributed by atoms with Gasteiger partial charge < -0.3 is 9.32 Å². The Balaban J connectivity index is 1.77. The number of nitrogens with zero attached hydrogens (tertiary/aromatic N) is 1. The van der Waals surface area contributed by atoms with Crippen molar-refractivity contribution in [2.24, 2.45) is 11.8 Å². The monoisotopic (exact) mass is 289 g/mol. The van der Waals surface area contributed by atoms with Crippen molar-refractivity contribution in [1.82, 2.24) is 4.90 Å². The van der Waals surface area contributed by atoms with Gasteiger partial charge in [-0.25, -0.2) is 0 Å². The van der Waals surface area contributed by atoms with Crippen LogP contribution in [0.2, 0.25) is 0 Å². The highest BCUT2D eigenvalue weighted by Gasteiger charge is 2.27. The van der Waals surface area contributed by atoms with Crippen LogP contribution in [0.1, 0.15) is 29.9 Å². The Morgan fingerprint density at radius 3 is 2.75 bits per heavy atom. The third kappa shape index (κ3) is 2.66. The van der Waals surface area contributed by atoms with Crippen LogP contribution in [-0.2, 0) is 0 Å². The highest BCUT2D eigenvalue weighted by atomic mass is 32.1. The van der Waals surface area contributed by atoms with Crippen LogP contribution in [0.4, 0.5) is 0 Å². The van der Waals surface area contributed by atoms with Crippen molar-refractivity contribution in [3.05, 3.63) is 34.7 Å². The highest BCUT2D eigenvalue weighted by Crippen LogP contribution is 2.28. The van der Waals surface area contributed by atoms with Crippen molar-refractivity contribution in [3.63, 3.8) is 0 Å². The van der Waals surface area contributed by atoms with Crippen LogP contribution in [0.5, 0.6) is 0 Å². The number of carbonyl (C=O) groups is 1. The Morgan fingerprint density at radius 1 is 1.35 bits per heavy atom. The number of thiophene rings is 1. The summed E-state index contributed by atoms with van der Waals surface area (Å²) in [5, 5.41) is 1.99. The number of piperidine rings is 1. The van der Waals surface area contributed by atoms with E-state index in [1.165, 1.54) is 17.8 Å². The first kappa shape index (κ1) is 13.4. The van der Waals surface area contributed by atoms with Crippen LogP contribution in [0.3, 0.4) is 0 Å². The van der Waals surface area contributed by atoms with E-state index < -0.39 is 0 Å². The minimum atomic E-state index is 0.159. The molecule has 0 aromatic carbocycles. The molecule has 4 heteroatoms. The molecule has 0 bridgehead atoms. The van der Waals surface area contributed by atoms with Gasteiger partial charge in [-0.2, -0.15) is 0 Å². The number of carbonyl (C=O) groups excluding carboxylic acids is 1. The lowest BCUT2D eigenvalue weighted by Crippen LogP contribution is -2.42. The smallest absolute Gasteiger partial charge is 0.263 e. The van der Waals surface area contributed by atoms with Crippen molar-refractivity contribution < 1.29 is 9.21 Å². The molecule has 1 aliphatic heterocycles. The summed E-state index contributed by atoms with van der Waals surface area (Å²) >= 11 is 1.50. The van der Waals surface area contributed by atoms with Gasteiger partial charge in [0, 0.05) is 24.0 Å². The molecule has 3 nitrogen and oxygen atoms in total. The molecule has 3 heterocycles. The first-order valence-electron chi connectivity index (χ1n) is 7.05. The summed E-state index contributed by atoms with van der Waals surface area (Å²) < 4.78 is 5.37. The molecule has 0 unspecified atom stereocenters. The molecule has 1 aliphatic rings. The molecule has 106 valence electrons. The maximum atomic E-state index is 12.6. The maximum Gasteiger partial charge on any atom is 0.263 e. The number of amides is 1. The van der Waals surface area contributed by atoms with Crippen molar-refractivity contribution >= 4 is 17.2 Å². The van der Waals surface area contributed by atoms with E-state index >= 15 is 0 Å². The fourth-order valence-corrected chi connectivity index (χ4v) is 3.87. The first-order chi connectivity index (χ1) is 9.63. The summed E-state index contributed by atoms with van der Waals surface area (Å²) in [6.45, 7) is 6.19. The van der Waals surface area contributed by atoms with Crippen LogP contribution >= 0.6 is 11.3 Å². The molecule has 2 atom stereocenters. The summed E-state index contributed by atoms with van der Waals surface area (Å²) in [4.78, 5) is 15.4. The normalized spacial score (nSPS) is 23.0. The Labute approximate surface area is 123 Å². The van der Waals surface area contributed by atoms with Gasteiger partial charge in [0.1, 0.15) is 5.76 Å². The van der Waals surface area contributed by atoms with Crippen LogP contribution < -0.4 is 0 Å². The third-order valence-electron chi connectivity index (χ3n) is 3.77. The minimum Gasteiger partial charge on any atom is -0.464 e. The Morgan fingerprint density at radius 2 is 2.10 bits per heavy atom. The fourth-order valence-electron chi connectivity index (χ4n) is 3.01. The van der Waals surface area contributed by atoms with E-state index in [4.69, 9.17) is 4.42 Å². The van der Waals surface area contributed by atoms with E-state index in [-0.39, 0.29) is 5.91 Å². The average molecular weight is 289 g/mol. The molecule has 1 saturated heterocycles. The summed E-state index contributed by atoms with van der Waals surface area (Å²) in [6, 6.07) is 5.72. The zero-order valence-electron chi connectivity index (χ0n) is 11.8. The van der Waals surface area contributed by atoms with Gasteiger partial charge in [0.2, 0.25) is 0 Å². The lowest BCUT2D eigenvalue weighted by Gasteiger charge is -2.34. The van der Waals surface area contributed by atoms with E-state index in [9.17, 15) is 4.79 Å². The summed E-state index contributed by atoms with van der Waals surface area (Å²) in [5.41, 5.74) is 0.987. The molecule has 0 aliphatic carbocycles. The average Bonchev–Trinajstić information content (AvgIpc) is 3.07. The molecule has 20 heavy (non-hydrogen) atoms. The number of furan rings is 1. The Bertz CT molecular complexity index is 577.